The van der Waals surface area contributed by atoms with Gasteiger partial charge >= 0.3 is 17.3 Å². The Hall–Kier alpha value is -3.92. The van der Waals surface area contributed by atoms with Gasteiger partial charge in [-0.05, 0) is 13.0 Å². The van der Waals surface area contributed by atoms with Gasteiger partial charge in [-0.1, -0.05) is 19.1 Å². The number of carbonyl (C=O) groups is 2. The van der Waals surface area contributed by atoms with Crippen LogP contribution >= 0.6 is 0 Å². The molecule has 0 saturated carbocycles. The van der Waals surface area contributed by atoms with E-state index in [1.54, 1.807) is 0 Å². The smallest absolute Gasteiger partial charge is 0.334 e. The van der Waals surface area contributed by atoms with Crippen LogP contribution in [0.2, 0.25) is 0 Å². The number of rotatable bonds is 3. The van der Waals surface area contributed by atoms with Crippen LogP contribution in [-0.4, -0.2) is 43.8 Å². The van der Waals surface area contributed by atoms with Crippen LogP contribution in [0.3, 0.4) is 0 Å². The summed E-state index contributed by atoms with van der Waals surface area (Å²) >= 11 is 0. The number of phenols is 1. The maximum atomic E-state index is 13.5. The van der Waals surface area contributed by atoms with Gasteiger partial charge in [0, 0.05) is 29.5 Å². The molecule has 0 aromatic heterocycles. The first-order chi connectivity index (χ1) is 16.0. The molecule has 11 nitrogen and oxygen atoms in total. The fourth-order valence-electron chi connectivity index (χ4n) is 4.68. The fraction of sp³-hybridized carbons (Fsp3) is 0.348. The van der Waals surface area contributed by atoms with Gasteiger partial charge < -0.3 is 30.3 Å². The first-order valence-electron chi connectivity index (χ1n) is 10.4. The highest BCUT2D eigenvalue weighted by molar-refractivity contribution is 5.88. The molecule has 0 heterocycles. The summed E-state index contributed by atoms with van der Waals surface area (Å²) < 4.78 is 10.5. The topological polar surface area (TPSA) is 184 Å². The van der Waals surface area contributed by atoms with Gasteiger partial charge in [-0.2, -0.15) is 4.79 Å². The minimum absolute atomic E-state index is 0.119. The molecular weight excluding hydrogens is 448 g/mol. The molecule has 34 heavy (non-hydrogen) atoms. The monoisotopic (exact) mass is 468 g/mol. The molecule has 0 bridgehead atoms. The number of fused-ring (bicyclic) bond motifs is 3. The molecule has 0 radical (unpaired) electrons. The molecule has 0 spiro atoms. The van der Waals surface area contributed by atoms with Gasteiger partial charge in [-0.25, -0.2) is 0 Å². The van der Waals surface area contributed by atoms with E-state index < -0.39 is 63.0 Å². The number of benzene rings is 1. The second kappa shape index (κ2) is 7.84. The van der Waals surface area contributed by atoms with E-state index in [0.717, 1.165) is 13.8 Å². The Kier molecular flexibility index (Phi) is 5.36. The minimum Gasteiger partial charge on any atom is -0.507 e. The van der Waals surface area contributed by atoms with Gasteiger partial charge in [0.2, 0.25) is 5.43 Å². The first kappa shape index (κ1) is 23.2. The third-order valence-corrected chi connectivity index (χ3v) is 6.15. The Labute approximate surface area is 190 Å². The van der Waals surface area contributed by atoms with Crippen molar-refractivity contribution in [2.75, 3.05) is 0 Å². The van der Waals surface area contributed by atoms with Crippen LogP contribution < -0.4 is 16.2 Å². The summed E-state index contributed by atoms with van der Waals surface area (Å²) in [5, 5.41) is 30.9. The van der Waals surface area contributed by atoms with Crippen molar-refractivity contribution in [3.8, 4) is 5.75 Å². The van der Waals surface area contributed by atoms with Crippen LogP contribution in [0.15, 0.2) is 27.8 Å². The lowest BCUT2D eigenvalue weighted by Crippen LogP contribution is -2.55. The molecule has 0 amide bonds. The average Bonchev–Trinajstić information content (AvgIpc) is 3.13. The van der Waals surface area contributed by atoms with Crippen molar-refractivity contribution >= 4 is 22.7 Å². The van der Waals surface area contributed by atoms with Crippen LogP contribution in [0.4, 0.5) is 0 Å². The molecule has 4 atom stereocenters. The van der Waals surface area contributed by atoms with E-state index in [2.05, 4.69) is 4.79 Å². The molecule has 11 heteroatoms. The Morgan fingerprint density at radius 1 is 1.15 bits per heavy atom. The summed E-state index contributed by atoms with van der Waals surface area (Å²) in [6.07, 6.45) is -5.37. The second-order valence-electron chi connectivity index (χ2n) is 8.31. The third kappa shape index (κ3) is 3.06. The predicted octanol–water partition coefficient (Wildman–Crippen LogP) is -0.279. The standard InChI is InChI=1S/C23H20N2O9/c1-4-11(28)34-21-16-14(20(31)22(23(21,3)32)33-8(2)26)13-15(17(16)25-24)19(30)12-9(18(13)29)6-5-7-10(12)27/h5-7,20-22,27,31-32H,4H2,1-3H3/t20-,21+,22+,23+/m0/s1. The molecule has 4 rings (SSSR count). The van der Waals surface area contributed by atoms with Crippen LogP contribution in [0.25, 0.3) is 16.3 Å². The maximum Gasteiger partial charge on any atom is 0.334 e. The zero-order valence-corrected chi connectivity index (χ0v) is 18.4. The summed E-state index contributed by atoms with van der Waals surface area (Å²) in [6, 6.07) is 3.86. The number of esters is 2. The average molecular weight is 468 g/mol. The molecule has 1 aromatic rings. The van der Waals surface area contributed by atoms with Gasteiger partial charge in [0.05, 0.1) is 10.9 Å². The van der Waals surface area contributed by atoms with Crippen molar-refractivity contribution in [2.24, 2.45) is 0 Å². The lowest BCUT2D eigenvalue weighted by Gasteiger charge is -2.43. The number of aromatic hydroxyl groups is 1. The molecule has 0 unspecified atom stereocenters. The predicted molar refractivity (Wildman–Crippen MR) is 113 cm³/mol. The van der Waals surface area contributed by atoms with E-state index in [1.165, 1.54) is 25.1 Å². The molecule has 3 N–H and O–H groups in total. The second-order valence-corrected chi connectivity index (χ2v) is 8.31. The van der Waals surface area contributed by atoms with Gasteiger partial charge in [-0.15, -0.1) is 0 Å². The van der Waals surface area contributed by atoms with Crippen LogP contribution in [0.5, 0.6) is 5.75 Å². The molecule has 0 saturated heterocycles. The number of ether oxygens (including phenoxy) is 2. The van der Waals surface area contributed by atoms with Gasteiger partial charge in [0.1, 0.15) is 22.7 Å². The van der Waals surface area contributed by atoms with E-state index in [1.807, 2.05) is 0 Å². The number of nitrogens with zero attached hydrogens (tertiary/aromatic N) is 2. The Morgan fingerprint density at radius 2 is 1.82 bits per heavy atom. The molecule has 0 fully saturated rings. The number of hydrogen-bond acceptors (Lipinski definition) is 9. The fourth-order valence-corrected chi connectivity index (χ4v) is 4.68. The van der Waals surface area contributed by atoms with E-state index in [0.29, 0.717) is 0 Å². The lowest BCUT2D eigenvalue weighted by atomic mass is 9.76. The zero-order chi connectivity index (χ0) is 25.1. The molecular formula is C23H20N2O9. The Balaban J connectivity index is 2.28. The lowest BCUT2D eigenvalue weighted by molar-refractivity contribution is -0.217. The summed E-state index contributed by atoms with van der Waals surface area (Å²) in [5.74, 6) is -2.15. The molecule has 3 aliphatic carbocycles. The maximum absolute atomic E-state index is 13.5. The minimum atomic E-state index is -2.25. The quantitative estimate of drug-likeness (QED) is 0.264. The van der Waals surface area contributed by atoms with E-state index in [9.17, 15) is 40.0 Å². The number of aliphatic hydroxyl groups is 2. The summed E-state index contributed by atoms with van der Waals surface area (Å²) in [5.41, 5.74) is 5.39. The molecule has 1 aromatic carbocycles. The van der Waals surface area contributed by atoms with Crippen LogP contribution in [-0.2, 0) is 19.1 Å². The van der Waals surface area contributed by atoms with E-state index in [-0.39, 0.29) is 33.5 Å². The summed E-state index contributed by atoms with van der Waals surface area (Å²) in [7, 11) is 0. The number of hydrogen-bond donors (Lipinski definition) is 3. The van der Waals surface area contributed by atoms with Crippen molar-refractivity contribution in [1.82, 2.24) is 0 Å². The molecule has 0 aliphatic heterocycles. The van der Waals surface area contributed by atoms with Crippen LogP contribution in [0.1, 0.15) is 50.5 Å². The number of aliphatic hydroxyl groups excluding tert-OH is 1. The highest BCUT2D eigenvalue weighted by Gasteiger charge is 2.57. The largest absolute Gasteiger partial charge is 0.507 e. The Morgan fingerprint density at radius 3 is 2.41 bits per heavy atom. The van der Waals surface area contributed by atoms with Crippen molar-refractivity contribution in [3.05, 3.63) is 71.1 Å². The van der Waals surface area contributed by atoms with Crippen LogP contribution in [0, 0.1) is 10.4 Å². The van der Waals surface area contributed by atoms with Gasteiger partial charge in [-0.3, -0.25) is 19.2 Å². The van der Waals surface area contributed by atoms with Crippen molar-refractivity contribution in [3.63, 3.8) is 0 Å². The van der Waals surface area contributed by atoms with E-state index >= 15 is 0 Å². The number of phenolic OH excluding ortho intramolecular Hbond substituents is 1. The summed E-state index contributed by atoms with van der Waals surface area (Å²) in [4.78, 5) is 53.9. The third-order valence-electron chi connectivity index (χ3n) is 6.15. The summed E-state index contributed by atoms with van der Waals surface area (Å²) in [6.45, 7) is 3.66. The molecule has 3 aliphatic rings. The first-order valence-corrected chi connectivity index (χ1v) is 10.4. The Bertz CT molecular complexity index is 1610. The van der Waals surface area contributed by atoms with Gasteiger partial charge in [0.25, 0.3) is 0 Å². The highest BCUT2D eigenvalue weighted by atomic mass is 16.6. The van der Waals surface area contributed by atoms with Crippen molar-refractivity contribution in [2.45, 2.75) is 51.1 Å². The van der Waals surface area contributed by atoms with Gasteiger partial charge in [0.15, 0.2) is 17.6 Å². The number of carbonyl (C=O) groups excluding carboxylic acids is 2. The normalized spacial score (nSPS) is 24.0. The SMILES string of the molecule is CCC(=O)O[C@@H]1c2c(c3c(=O)c4cccc(O)c4c(=O)c=3c2=[N+]=[N-])[C@H](O)[C@@H](OC(C)=O)[C@]1(C)O. The zero-order valence-electron chi connectivity index (χ0n) is 18.4. The van der Waals surface area contributed by atoms with Crippen molar-refractivity contribution in [1.29, 1.82) is 0 Å². The van der Waals surface area contributed by atoms with Crippen molar-refractivity contribution < 1.29 is 39.2 Å². The highest BCUT2D eigenvalue weighted by Crippen LogP contribution is 2.46. The molecule has 176 valence electrons. The van der Waals surface area contributed by atoms with E-state index in [4.69, 9.17) is 9.47 Å².